The molecule has 3 rings (SSSR count). The molecule has 11 nitrogen and oxygen atoms in total. The molecule has 190 valence electrons. The summed E-state index contributed by atoms with van der Waals surface area (Å²) in [6, 6.07) is -2.95. The zero-order valence-electron chi connectivity index (χ0n) is 20.4. The molecule has 3 fully saturated rings. The van der Waals surface area contributed by atoms with Gasteiger partial charge in [0.1, 0.15) is 11.2 Å². The van der Waals surface area contributed by atoms with Crippen molar-refractivity contribution in [1.82, 2.24) is 20.9 Å². The van der Waals surface area contributed by atoms with E-state index in [4.69, 9.17) is 9.47 Å². The van der Waals surface area contributed by atoms with Crippen molar-refractivity contribution in [2.45, 2.75) is 89.9 Å². The maximum atomic E-state index is 13.3. The van der Waals surface area contributed by atoms with Crippen LogP contribution in [0.4, 0.5) is 14.4 Å². The quantitative estimate of drug-likeness (QED) is 0.509. The summed E-state index contributed by atoms with van der Waals surface area (Å²) in [6.45, 7) is 8.52. The monoisotopic (exact) mass is 480 g/mol. The second-order valence-corrected chi connectivity index (χ2v) is 10.4. The van der Waals surface area contributed by atoms with E-state index in [9.17, 15) is 24.0 Å². The first-order valence-corrected chi connectivity index (χ1v) is 12.0. The Hall–Kier alpha value is -2.69. The van der Waals surface area contributed by atoms with Gasteiger partial charge in [-0.05, 0) is 72.4 Å². The number of carbonyl (C=O) groups excluding carboxylic acids is 5. The first kappa shape index (κ1) is 25.9. The van der Waals surface area contributed by atoms with Crippen LogP contribution in [0, 0.1) is 11.8 Å². The second kappa shape index (κ2) is 10.3. The van der Waals surface area contributed by atoms with Crippen LogP contribution in [0.25, 0.3) is 0 Å². The van der Waals surface area contributed by atoms with E-state index in [-0.39, 0.29) is 11.8 Å². The van der Waals surface area contributed by atoms with Crippen molar-refractivity contribution < 1.29 is 33.4 Å². The number of nitrogens with one attached hydrogen (secondary N) is 3. The van der Waals surface area contributed by atoms with Crippen LogP contribution in [0.3, 0.4) is 0 Å². The van der Waals surface area contributed by atoms with Crippen molar-refractivity contribution >= 4 is 30.0 Å². The summed E-state index contributed by atoms with van der Waals surface area (Å²) in [4.78, 5) is 63.7. The highest BCUT2D eigenvalue weighted by atomic mass is 16.6. The van der Waals surface area contributed by atoms with Crippen LogP contribution in [0.2, 0.25) is 0 Å². The fourth-order valence-corrected chi connectivity index (χ4v) is 5.06. The number of imide groups is 3. The topological polar surface area (TPSA) is 143 Å². The lowest BCUT2D eigenvalue weighted by Gasteiger charge is -2.40. The van der Waals surface area contributed by atoms with E-state index >= 15 is 0 Å². The number of barbiturate groups is 1. The van der Waals surface area contributed by atoms with Crippen LogP contribution in [0.15, 0.2) is 0 Å². The lowest BCUT2D eigenvalue weighted by Crippen LogP contribution is -2.67. The Bertz CT molecular complexity index is 765. The van der Waals surface area contributed by atoms with Gasteiger partial charge in [0.05, 0.1) is 0 Å². The van der Waals surface area contributed by atoms with Gasteiger partial charge in [-0.25, -0.2) is 14.4 Å². The van der Waals surface area contributed by atoms with Crippen LogP contribution in [-0.2, 0) is 19.1 Å². The van der Waals surface area contributed by atoms with Crippen molar-refractivity contribution in [2.75, 3.05) is 13.1 Å². The Morgan fingerprint density at radius 3 is 1.68 bits per heavy atom. The smallest absolute Gasteiger partial charge is 0.421 e. The molecule has 0 unspecified atom stereocenters. The molecule has 2 aliphatic heterocycles. The van der Waals surface area contributed by atoms with Crippen LogP contribution in [-0.4, -0.2) is 65.3 Å². The molecule has 0 aromatic heterocycles. The number of carbonyl (C=O) groups is 5. The van der Waals surface area contributed by atoms with Crippen molar-refractivity contribution in [1.29, 1.82) is 0 Å². The number of amides is 6. The van der Waals surface area contributed by atoms with E-state index in [0.29, 0.717) is 4.90 Å². The third-order valence-electron chi connectivity index (χ3n) is 7.23. The normalized spacial score (nSPS) is 21.5. The predicted octanol–water partition coefficient (Wildman–Crippen LogP) is 2.43. The summed E-state index contributed by atoms with van der Waals surface area (Å²) in [5.74, 6) is -2.11. The number of hydrogen-bond donors (Lipinski definition) is 3. The molecule has 0 atom stereocenters. The number of urea groups is 1. The minimum absolute atomic E-state index is 0.0184. The summed E-state index contributed by atoms with van der Waals surface area (Å²) in [6.07, 6.45) is 4.06. The summed E-state index contributed by atoms with van der Waals surface area (Å²) in [7, 11) is 0. The molecule has 11 heteroatoms. The average Bonchev–Trinajstić information content (AvgIpc) is 2.76. The fraction of sp³-hybridized carbons (Fsp3) is 0.783. The summed E-state index contributed by atoms with van der Waals surface area (Å²) >= 11 is 0. The molecular formula is C23H36N4O7. The summed E-state index contributed by atoms with van der Waals surface area (Å²) in [5, 5.41) is 7.10. The molecule has 2 saturated heterocycles. The van der Waals surface area contributed by atoms with E-state index in [1.807, 2.05) is 10.6 Å². The molecule has 0 aromatic rings. The van der Waals surface area contributed by atoms with Crippen molar-refractivity contribution in [3.63, 3.8) is 0 Å². The van der Waals surface area contributed by atoms with Gasteiger partial charge in [-0.2, -0.15) is 4.90 Å². The molecule has 1 saturated carbocycles. The highest BCUT2D eigenvalue weighted by Crippen LogP contribution is 2.36. The average molecular weight is 481 g/mol. The Balaban J connectivity index is 1.84. The molecule has 3 aliphatic rings. The van der Waals surface area contributed by atoms with Crippen LogP contribution in [0.1, 0.15) is 72.6 Å². The van der Waals surface area contributed by atoms with E-state index in [2.05, 4.69) is 5.32 Å². The van der Waals surface area contributed by atoms with Gasteiger partial charge in [0, 0.05) is 5.92 Å². The lowest BCUT2D eigenvalue weighted by atomic mass is 9.79. The third kappa shape index (κ3) is 5.86. The van der Waals surface area contributed by atoms with Crippen molar-refractivity contribution in [3.05, 3.63) is 0 Å². The van der Waals surface area contributed by atoms with E-state index in [1.54, 1.807) is 27.7 Å². The van der Waals surface area contributed by atoms with Crippen LogP contribution >= 0.6 is 0 Å². The van der Waals surface area contributed by atoms with Gasteiger partial charge in [-0.3, -0.25) is 20.2 Å². The minimum Gasteiger partial charge on any atom is -0.443 e. The molecule has 0 aromatic carbocycles. The zero-order chi connectivity index (χ0) is 25.1. The first-order valence-electron chi connectivity index (χ1n) is 12.0. The minimum atomic E-state index is -1.93. The van der Waals surface area contributed by atoms with E-state index in [0.717, 1.165) is 58.0 Å². The molecular weight excluding hydrogens is 444 g/mol. The number of nitrogens with zero attached hydrogens (tertiary/aromatic N) is 1. The van der Waals surface area contributed by atoms with Gasteiger partial charge < -0.3 is 14.8 Å². The molecule has 0 radical (unpaired) electrons. The van der Waals surface area contributed by atoms with E-state index < -0.39 is 47.3 Å². The van der Waals surface area contributed by atoms with Gasteiger partial charge in [-0.15, -0.1) is 0 Å². The van der Waals surface area contributed by atoms with Gasteiger partial charge >= 0.3 is 18.2 Å². The van der Waals surface area contributed by atoms with Gasteiger partial charge in [-0.1, -0.05) is 19.3 Å². The highest BCUT2D eigenvalue weighted by Gasteiger charge is 2.49. The molecule has 3 N–H and O–H groups in total. The van der Waals surface area contributed by atoms with Crippen LogP contribution < -0.4 is 16.0 Å². The Morgan fingerprint density at radius 1 is 0.765 bits per heavy atom. The third-order valence-corrected chi connectivity index (χ3v) is 7.23. The second-order valence-electron chi connectivity index (χ2n) is 10.4. The SMILES string of the molecule is CC(C)(OC(=O)N(C(=O)OC(C)(C)C1CCNCC1)C1C(=O)NC(=O)NC1=O)C1CCCCC1. The van der Waals surface area contributed by atoms with Crippen molar-refractivity contribution in [2.24, 2.45) is 11.8 Å². The Labute approximate surface area is 199 Å². The molecule has 1 aliphatic carbocycles. The molecule has 6 amide bonds. The summed E-state index contributed by atoms with van der Waals surface area (Å²) < 4.78 is 11.4. The number of hydrogen-bond acceptors (Lipinski definition) is 8. The predicted molar refractivity (Wildman–Crippen MR) is 121 cm³/mol. The first-order chi connectivity index (χ1) is 15.9. The fourth-order valence-electron chi connectivity index (χ4n) is 5.06. The number of ether oxygens (including phenoxy) is 2. The van der Waals surface area contributed by atoms with Crippen molar-refractivity contribution in [3.8, 4) is 0 Å². The molecule has 0 bridgehead atoms. The number of rotatable bonds is 5. The van der Waals surface area contributed by atoms with Gasteiger partial charge in [0.2, 0.25) is 6.04 Å². The van der Waals surface area contributed by atoms with Gasteiger partial charge in [0.15, 0.2) is 0 Å². The largest absolute Gasteiger partial charge is 0.443 e. The molecule has 34 heavy (non-hydrogen) atoms. The standard InChI is InChI=1S/C23H36N4O7/c1-22(2,14-8-6-5-7-9-14)33-20(31)27(16-17(28)25-19(30)26-18(16)29)21(32)34-23(3,4)15-10-12-24-13-11-15/h14-16,24H,5-13H2,1-4H3,(H2,25,26,28,29,30). The molecule has 2 heterocycles. The summed E-state index contributed by atoms with van der Waals surface area (Å²) in [5.41, 5.74) is -1.90. The van der Waals surface area contributed by atoms with Crippen LogP contribution in [0.5, 0.6) is 0 Å². The Kier molecular flexibility index (Phi) is 7.84. The lowest BCUT2D eigenvalue weighted by molar-refractivity contribution is -0.138. The molecule has 0 spiro atoms. The van der Waals surface area contributed by atoms with Gasteiger partial charge in [0.25, 0.3) is 11.8 Å². The van der Waals surface area contributed by atoms with E-state index in [1.165, 1.54) is 0 Å². The number of piperidine rings is 1. The maximum absolute atomic E-state index is 13.3. The Morgan fingerprint density at radius 2 is 1.21 bits per heavy atom. The zero-order valence-corrected chi connectivity index (χ0v) is 20.4. The maximum Gasteiger partial charge on any atom is 0.421 e. The highest BCUT2D eigenvalue weighted by molar-refractivity contribution is 6.21.